The van der Waals surface area contributed by atoms with Gasteiger partial charge in [0.2, 0.25) is 11.7 Å². The predicted molar refractivity (Wildman–Crippen MR) is 105 cm³/mol. The third kappa shape index (κ3) is 3.57. The number of nitrogens with one attached hydrogen (secondary N) is 1. The molecule has 148 valence electrons. The van der Waals surface area contributed by atoms with Gasteiger partial charge < -0.3 is 14.0 Å². The molecule has 0 unspecified atom stereocenters. The van der Waals surface area contributed by atoms with Crippen LogP contribution in [0.25, 0.3) is 11.4 Å². The molecule has 2 aromatic heterocycles. The average Bonchev–Trinajstić information content (AvgIpc) is 3.30. The predicted octanol–water partition coefficient (Wildman–Crippen LogP) is 3.88. The Morgan fingerprint density at radius 2 is 2.04 bits per heavy atom. The summed E-state index contributed by atoms with van der Waals surface area (Å²) in [5.74, 6) is 2.28. The fourth-order valence-corrected chi connectivity index (χ4v) is 5.05. The lowest BCUT2D eigenvalue weighted by atomic mass is 9.85. The number of hydrogen-bond donors (Lipinski definition) is 1. The second-order valence-corrected chi connectivity index (χ2v) is 9.23. The third-order valence-corrected chi connectivity index (χ3v) is 7.45. The summed E-state index contributed by atoms with van der Waals surface area (Å²) in [6, 6.07) is 6.40. The summed E-state index contributed by atoms with van der Waals surface area (Å²) in [5, 5.41) is 5.69. The summed E-state index contributed by atoms with van der Waals surface area (Å²) in [6.45, 7) is 0. The van der Waals surface area contributed by atoms with E-state index in [0.29, 0.717) is 40.4 Å². The molecule has 28 heavy (non-hydrogen) atoms. The van der Waals surface area contributed by atoms with Gasteiger partial charge >= 0.3 is 0 Å². The van der Waals surface area contributed by atoms with Crippen molar-refractivity contribution in [1.29, 1.82) is 0 Å². The Hall–Kier alpha value is -2.59. The lowest BCUT2D eigenvalue weighted by molar-refractivity contribution is 0.292. The first kappa shape index (κ1) is 18.8. The highest BCUT2D eigenvalue weighted by Crippen LogP contribution is 2.37. The first-order valence-electron chi connectivity index (χ1n) is 8.67. The topological polar surface area (TPSA) is 104 Å². The van der Waals surface area contributed by atoms with E-state index in [4.69, 9.17) is 14.0 Å². The molecule has 0 bridgehead atoms. The zero-order valence-electron chi connectivity index (χ0n) is 15.3. The Morgan fingerprint density at radius 1 is 1.21 bits per heavy atom. The van der Waals surface area contributed by atoms with Crippen molar-refractivity contribution in [3.05, 3.63) is 35.5 Å². The van der Waals surface area contributed by atoms with Crippen LogP contribution in [0.5, 0.6) is 11.5 Å². The van der Waals surface area contributed by atoms with Gasteiger partial charge in [0.1, 0.15) is 15.7 Å². The van der Waals surface area contributed by atoms with Crippen LogP contribution >= 0.6 is 11.3 Å². The van der Waals surface area contributed by atoms with Gasteiger partial charge in [0.15, 0.2) is 0 Å². The molecule has 0 spiro atoms. The van der Waals surface area contributed by atoms with E-state index in [1.54, 1.807) is 29.6 Å². The summed E-state index contributed by atoms with van der Waals surface area (Å²) < 4.78 is 44.0. The molecule has 0 amide bonds. The van der Waals surface area contributed by atoms with Gasteiger partial charge in [0, 0.05) is 22.9 Å². The van der Waals surface area contributed by atoms with E-state index in [1.807, 2.05) is 0 Å². The summed E-state index contributed by atoms with van der Waals surface area (Å²) in [7, 11) is -0.802. The van der Waals surface area contributed by atoms with Crippen molar-refractivity contribution in [3.8, 4) is 22.9 Å². The largest absolute Gasteiger partial charge is 0.497 e. The van der Waals surface area contributed by atoms with Gasteiger partial charge in [-0.05, 0) is 31.0 Å². The molecule has 0 saturated heterocycles. The summed E-state index contributed by atoms with van der Waals surface area (Å²) in [4.78, 5) is 4.41. The second kappa shape index (κ2) is 7.44. The zero-order chi connectivity index (χ0) is 19.7. The van der Waals surface area contributed by atoms with E-state index in [0.717, 1.165) is 24.2 Å². The zero-order valence-corrected chi connectivity index (χ0v) is 17.0. The van der Waals surface area contributed by atoms with Crippen LogP contribution in [0.2, 0.25) is 0 Å². The van der Waals surface area contributed by atoms with E-state index < -0.39 is 10.0 Å². The molecule has 0 radical (unpaired) electrons. The maximum atomic E-state index is 12.8. The highest BCUT2D eigenvalue weighted by Gasteiger charge is 2.26. The van der Waals surface area contributed by atoms with Crippen molar-refractivity contribution in [2.75, 3.05) is 18.9 Å². The molecule has 10 heteroatoms. The van der Waals surface area contributed by atoms with E-state index in [2.05, 4.69) is 14.9 Å². The maximum Gasteiger partial charge on any atom is 0.271 e. The van der Waals surface area contributed by atoms with Crippen LogP contribution in [0.1, 0.15) is 31.1 Å². The normalized spacial score (nSPS) is 14.5. The van der Waals surface area contributed by atoms with Gasteiger partial charge in [-0.25, -0.2) is 8.42 Å². The highest BCUT2D eigenvalue weighted by atomic mass is 32.2. The minimum absolute atomic E-state index is 0.148. The molecule has 2 heterocycles. The number of methoxy groups -OCH3 is 2. The quantitative estimate of drug-likeness (QED) is 0.617. The van der Waals surface area contributed by atoms with Gasteiger partial charge in [-0.3, -0.25) is 4.72 Å². The Morgan fingerprint density at radius 3 is 2.71 bits per heavy atom. The molecule has 3 aromatic rings. The van der Waals surface area contributed by atoms with Crippen LogP contribution < -0.4 is 14.2 Å². The number of anilines is 1. The lowest BCUT2D eigenvalue weighted by Gasteiger charge is -2.20. The molecule has 1 fully saturated rings. The van der Waals surface area contributed by atoms with Crippen molar-refractivity contribution in [3.63, 3.8) is 0 Å². The monoisotopic (exact) mass is 421 g/mol. The second-order valence-electron chi connectivity index (χ2n) is 6.41. The maximum absolute atomic E-state index is 12.8. The first-order valence-corrected chi connectivity index (χ1v) is 11.0. The standard InChI is InChI=1S/C18H19N3O5S2/c1-24-13-6-7-14(15(9-13)25-2)21-28(22,23)16-8-12(10-27-16)17-19-18(26-20-17)11-4-3-5-11/h6-11,21H,3-5H2,1-2H3. The van der Waals surface area contributed by atoms with E-state index >= 15 is 0 Å². The number of hydrogen-bond acceptors (Lipinski definition) is 8. The fourth-order valence-electron chi connectivity index (χ4n) is 2.83. The summed E-state index contributed by atoms with van der Waals surface area (Å²) >= 11 is 1.09. The molecular formula is C18H19N3O5S2. The van der Waals surface area contributed by atoms with Gasteiger partial charge in [0.05, 0.1) is 19.9 Å². The van der Waals surface area contributed by atoms with E-state index in [-0.39, 0.29) is 4.21 Å². The van der Waals surface area contributed by atoms with Crippen molar-refractivity contribution in [2.24, 2.45) is 0 Å². The van der Waals surface area contributed by atoms with Crippen LogP contribution in [0.4, 0.5) is 5.69 Å². The number of thiophene rings is 1. The van der Waals surface area contributed by atoms with Crippen molar-refractivity contribution in [1.82, 2.24) is 10.1 Å². The van der Waals surface area contributed by atoms with Crippen molar-refractivity contribution < 1.29 is 22.4 Å². The summed E-state index contributed by atoms with van der Waals surface area (Å²) in [6.07, 6.45) is 3.28. The number of nitrogens with zero attached hydrogens (tertiary/aromatic N) is 2. The minimum Gasteiger partial charge on any atom is -0.497 e. The number of rotatable bonds is 7. The van der Waals surface area contributed by atoms with Crippen LogP contribution in [-0.4, -0.2) is 32.8 Å². The molecule has 0 aliphatic heterocycles. The number of sulfonamides is 1. The smallest absolute Gasteiger partial charge is 0.271 e. The fraction of sp³-hybridized carbons (Fsp3) is 0.333. The molecule has 1 aliphatic carbocycles. The molecule has 4 rings (SSSR count). The Kier molecular flexibility index (Phi) is 4.98. The van der Waals surface area contributed by atoms with Crippen LogP contribution in [0.15, 0.2) is 38.4 Å². The van der Waals surface area contributed by atoms with Gasteiger partial charge in [0.25, 0.3) is 10.0 Å². The molecule has 1 aromatic carbocycles. The van der Waals surface area contributed by atoms with E-state index in [9.17, 15) is 8.42 Å². The molecule has 8 nitrogen and oxygen atoms in total. The molecule has 1 N–H and O–H groups in total. The van der Waals surface area contributed by atoms with Crippen LogP contribution in [0.3, 0.4) is 0 Å². The van der Waals surface area contributed by atoms with Gasteiger partial charge in [-0.15, -0.1) is 11.3 Å². The molecule has 0 atom stereocenters. The lowest BCUT2D eigenvalue weighted by Crippen LogP contribution is -2.12. The third-order valence-electron chi connectivity index (χ3n) is 4.65. The Bertz CT molecular complexity index is 1090. The van der Waals surface area contributed by atoms with Crippen LogP contribution in [0, 0.1) is 0 Å². The first-order chi connectivity index (χ1) is 13.5. The van der Waals surface area contributed by atoms with E-state index in [1.165, 1.54) is 20.6 Å². The Labute approximate surface area is 166 Å². The van der Waals surface area contributed by atoms with Gasteiger partial charge in [-0.1, -0.05) is 11.6 Å². The number of aromatic nitrogens is 2. The van der Waals surface area contributed by atoms with Gasteiger partial charge in [-0.2, -0.15) is 4.98 Å². The molecule has 1 saturated carbocycles. The minimum atomic E-state index is -3.79. The molecule has 1 aliphatic rings. The SMILES string of the molecule is COc1ccc(NS(=O)(=O)c2cc(-c3noc(C4CCC4)n3)cs2)c(OC)c1. The highest BCUT2D eigenvalue weighted by molar-refractivity contribution is 7.94. The molecular weight excluding hydrogens is 402 g/mol. The summed E-state index contributed by atoms with van der Waals surface area (Å²) in [5.41, 5.74) is 0.937. The number of benzene rings is 1. The Balaban J connectivity index is 1.56. The van der Waals surface area contributed by atoms with Crippen LogP contribution in [-0.2, 0) is 10.0 Å². The van der Waals surface area contributed by atoms with Crippen molar-refractivity contribution >= 4 is 27.0 Å². The number of ether oxygens (including phenoxy) is 2. The van der Waals surface area contributed by atoms with Crippen molar-refractivity contribution in [2.45, 2.75) is 29.4 Å². The average molecular weight is 422 g/mol.